The van der Waals surface area contributed by atoms with E-state index in [1.165, 1.54) is 0 Å². The Morgan fingerprint density at radius 1 is 1.18 bits per heavy atom. The number of aromatic nitrogens is 3. The van der Waals surface area contributed by atoms with Gasteiger partial charge in [0.2, 0.25) is 0 Å². The first-order chi connectivity index (χ1) is 7.91. The van der Waals surface area contributed by atoms with Crippen molar-refractivity contribution in [1.29, 1.82) is 0 Å². The monoisotopic (exact) mass is 313 g/mol. The van der Waals surface area contributed by atoms with Crippen LogP contribution in [-0.2, 0) is 0 Å². The van der Waals surface area contributed by atoms with Crippen LogP contribution in [0, 0.1) is 27.7 Å². The van der Waals surface area contributed by atoms with Crippen LogP contribution >= 0.6 is 27.5 Å². The molecule has 0 atom stereocenters. The van der Waals surface area contributed by atoms with E-state index in [2.05, 4.69) is 26.0 Å². The van der Waals surface area contributed by atoms with Gasteiger partial charge in [0.1, 0.15) is 0 Å². The molecule has 2 heterocycles. The van der Waals surface area contributed by atoms with E-state index >= 15 is 0 Å². The SMILES string of the molecule is Cc1cc(Cl)c(C)nc1-n1nc(C)c(Br)c1C. The van der Waals surface area contributed by atoms with Crippen LogP contribution in [0.1, 0.15) is 22.6 Å². The van der Waals surface area contributed by atoms with Crippen molar-refractivity contribution in [3.05, 3.63) is 38.2 Å². The molecule has 0 aromatic carbocycles. The zero-order chi connectivity index (χ0) is 12.7. The van der Waals surface area contributed by atoms with E-state index in [4.69, 9.17) is 11.6 Å². The Morgan fingerprint density at radius 3 is 2.35 bits per heavy atom. The van der Waals surface area contributed by atoms with Crippen LogP contribution in [0.15, 0.2) is 10.5 Å². The average Bonchev–Trinajstić information content (AvgIpc) is 2.51. The van der Waals surface area contributed by atoms with E-state index in [0.29, 0.717) is 5.02 Å². The Bertz CT molecular complexity index is 590. The molecule has 0 N–H and O–H groups in total. The van der Waals surface area contributed by atoms with Gasteiger partial charge in [-0.15, -0.1) is 0 Å². The van der Waals surface area contributed by atoms with Crippen molar-refractivity contribution in [1.82, 2.24) is 14.8 Å². The van der Waals surface area contributed by atoms with Crippen molar-refractivity contribution in [2.45, 2.75) is 27.7 Å². The first-order valence-corrected chi connectivity index (χ1v) is 6.44. The summed E-state index contributed by atoms with van der Waals surface area (Å²) in [6.07, 6.45) is 0. The van der Waals surface area contributed by atoms with Gasteiger partial charge in [-0.3, -0.25) is 0 Å². The average molecular weight is 315 g/mol. The first kappa shape index (κ1) is 12.6. The third kappa shape index (κ3) is 2.11. The Labute approximate surface area is 114 Å². The number of aryl methyl sites for hydroxylation is 3. The number of hydrogen-bond acceptors (Lipinski definition) is 2. The van der Waals surface area contributed by atoms with Crippen LogP contribution in [0.25, 0.3) is 5.82 Å². The molecule has 0 fully saturated rings. The molecule has 17 heavy (non-hydrogen) atoms. The van der Waals surface area contributed by atoms with Crippen LogP contribution < -0.4 is 0 Å². The Morgan fingerprint density at radius 2 is 1.82 bits per heavy atom. The smallest absolute Gasteiger partial charge is 0.156 e. The van der Waals surface area contributed by atoms with Gasteiger partial charge in [0.05, 0.1) is 26.6 Å². The highest BCUT2D eigenvalue weighted by Crippen LogP contribution is 2.25. The van der Waals surface area contributed by atoms with E-state index in [0.717, 1.165) is 32.9 Å². The Kier molecular flexibility index (Phi) is 3.27. The molecule has 0 aliphatic rings. The molecule has 90 valence electrons. The highest BCUT2D eigenvalue weighted by Gasteiger charge is 2.14. The molecule has 2 aromatic heterocycles. The lowest BCUT2D eigenvalue weighted by atomic mass is 10.2. The molecule has 0 saturated carbocycles. The molecular formula is C12H13BrClN3. The fourth-order valence-corrected chi connectivity index (χ4v) is 2.16. The van der Waals surface area contributed by atoms with Gasteiger partial charge in [0.25, 0.3) is 0 Å². The number of nitrogens with zero attached hydrogens (tertiary/aromatic N) is 3. The fraction of sp³-hybridized carbons (Fsp3) is 0.333. The maximum atomic E-state index is 6.05. The summed E-state index contributed by atoms with van der Waals surface area (Å²) in [5, 5.41) is 5.16. The van der Waals surface area contributed by atoms with Gasteiger partial charge >= 0.3 is 0 Å². The lowest BCUT2D eigenvalue weighted by Crippen LogP contribution is -2.05. The first-order valence-electron chi connectivity index (χ1n) is 5.27. The van der Waals surface area contributed by atoms with Crippen LogP contribution in [0.4, 0.5) is 0 Å². The largest absolute Gasteiger partial charge is 0.232 e. The van der Waals surface area contributed by atoms with E-state index in [1.807, 2.05) is 38.4 Å². The Balaban J connectivity index is 2.68. The quantitative estimate of drug-likeness (QED) is 0.799. The number of pyridine rings is 1. The van der Waals surface area contributed by atoms with Gasteiger partial charge in [0.15, 0.2) is 5.82 Å². The second kappa shape index (κ2) is 4.42. The van der Waals surface area contributed by atoms with Gasteiger partial charge in [-0.2, -0.15) is 5.10 Å². The summed E-state index contributed by atoms with van der Waals surface area (Å²) in [6.45, 7) is 7.85. The van der Waals surface area contributed by atoms with E-state index in [1.54, 1.807) is 0 Å². The molecule has 2 aromatic rings. The number of hydrogen-bond donors (Lipinski definition) is 0. The van der Waals surface area contributed by atoms with Crippen molar-refractivity contribution in [3.63, 3.8) is 0 Å². The summed E-state index contributed by atoms with van der Waals surface area (Å²) in [7, 11) is 0. The summed E-state index contributed by atoms with van der Waals surface area (Å²) >= 11 is 9.57. The molecule has 0 spiro atoms. The minimum atomic E-state index is 0.687. The van der Waals surface area contributed by atoms with Gasteiger partial charge < -0.3 is 0 Å². The summed E-state index contributed by atoms with van der Waals surface area (Å²) in [5.41, 5.74) is 3.82. The molecule has 0 saturated heterocycles. The molecule has 2 rings (SSSR count). The third-order valence-corrected chi connectivity index (χ3v) is 4.25. The van der Waals surface area contributed by atoms with Crippen LogP contribution in [-0.4, -0.2) is 14.8 Å². The second-order valence-corrected chi connectivity index (χ2v) is 5.29. The van der Waals surface area contributed by atoms with E-state index in [9.17, 15) is 0 Å². The molecule has 0 bridgehead atoms. The molecule has 5 heteroatoms. The molecule has 0 aliphatic heterocycles. The van der Waals surface area contributed by atoms with Crippen molar-refractivity contribution in [2.75, 3.05) is 0 Å². The predicted octanol–water partition coefficient (Wildman–Crippen LogP) is 3.92. The van der Waals surface area contributed by atoms with E-state index in [-0.39, 0.29) is 0 Å². The van der Waals surface area contributed by atoms with Gasteiger partial charge in [-0.25, -0.2) is 9.67 Å². The van der Waals surface area contributed by atoms with E-state index < -0.39 is 0 Å². The lowest BCUT2D eigenvalue weighted by Gasteiger charge is -2.09. The maximum Gasteiger partial charge on any atom is 0.156 e. The zero-order valence-electron chi connectivity index (χ0n) is 10.2. The minimum Gasteiger partial charge on any atom is -0.232 e. The standard InChI is InChI=1S/C12H13BrClN3/c1-6-5-10(14)7(2)15-12(6)17-9(4)11(13)8(3)16-17/h5H,1-4H3. The third-order valence-electron chi connectivity index (χ3n) is 2.72. The Hall–Kier alpha value is -0.870. The molecule has 0 unspecified atom stereocenters. The topological polar surface area (TPSA) is 30.7 Å². The predicted molar refractivity (Wildman–Crippen MR) is 73.0 cm³/mol. The van der Waals surface area contributed by atoms with Crippen molar-refractivity contribution < 1.29 is 0 Å². The molecule has 0 radical (unpaired) electrons. The van der Waals surface area contributed by atoms with Crippen LogP contribution in [0.2, 0.25) is 5.02 Å². The zero-order valence-corrected chi connectivity index (χ0v) is 12.5. The fourth-order valence-electron chi connectivity index (χ4n) is 1.70. The summed E-state index contributed by atoms with van der Waals surface area (Å²) < 4.78 is 2.87. The van der Waals surface area contributed by atoms with Crippen LogP contribution in [0.5, 0.6) is 0 Å². The van der Waals surface area contributed by atoms with Crippen molar-refractivity contribution >= 4 is 27.5 Å². The highest BCUT2D eigenvalue weighted by atomic mass is 79.9. The molecular weight excluding hydrogens is 302 g/mol. The van der Waals surface area contributed by atoms with Gasteiger partial charge in [-0.1, -0.05) is 11.6 Å². The van der Waals surface area contributed by atoms with Crippen LogP contribution in [0.3, 0.4) is 0 Å². The van der Waals surface area contributed by atoms with Gasteiger partial charge in [0, 0.05) is 0 Å². The maximum absolute atomic E-state index is 6.05. The van der Waals surface area contributed by atoms with Crippen molar-refractivity contribution in [3.8, 4) is 5.82 Å². The summed E-state index contributed by atoms with van der Waals surface area (Å²) in [4.78, 5) is 4.51. The highest BCUT2D eigenvalue weighted by molar-refractivity contribution is 9.10. The lowest BCUT2D eigenvalue weighted by molar-refractivity contribution is 0.794. The van der Waals surface area contributed by atoms with Gasteiger partial charge in [-0.05, 0) is 55.3 Å². The van der Waals surface area contributed by atoms with Crippen molar-refractivity contribution in [2.24, 2.45) is 0 Å². The minimum absolute atomic E-state index is 0.687. The normalized spacial score (nSPS) is 10.9. The summed E-state index contributed by atoms with van der Waals surface area (Å²) in [6, 6.07) is 1.92. The second-order valence-electron chi connectivity index (χ2n) is 4.09. The molecule has 3 nitrogen and oxygen atoms in total. The molecule has 0 amide bonds. The molecule has 0 aliphatic carbocycles. The summed E-state index contributed by atoms with van der Waals surface area (Å²) in [5.74, 6) is 0.832. The number of halogens is 2. The number of rotatable bonds is 1.